The molecule has 0 radical (unpaired) electrons. The van der Waals surface area contributed by atoms with Crippen LogP contribution >= 0.6 is 0 Å². The molecule has 1 aromatic rings. The number of benzene rings is 1. The van der Waals surface area contributed by atoms with Crippen LogP contribution in [0.5, 0.6) is 0 Å². The molecule has 1 atom stereocenters. The van der Waals surface area contributed by atoms with Crippen molar-refractivity contribution < 1.29 is 9.13 Å². The summed E-state index contributed by atoms with van der Waals surface area (Å²) in [5, 5.41) is 0. The second-order valence-electron chi connectivity index (χ2n) is 5.78. The van der Waals surface area contributed by atoms with E-state index in [0.717, 1.165) is 24.3 Å². The van der Waals surface area contributed by atoms with Crippen molar-refractivity contribution in [3.8, 4) is 0 Å². The molecular weight excluding hydrogens is 255 g/mol. The predicted molar refractivity (Wildman–Crippen MR) is 82.7 cm³/mol. The van der Waals surface area contributed by atoms with Gasteiger partial charge >= 0.3 is 0 Å². The van der Waals surface area contributed by atoms with Gasteiger partial charge in [0.2, 0.25) is 0 Å². The SMILES string of the molecule is COCCN(CC(C)C)c1cc(C)c(F)cc1[C@H](C)N. The van der Waals surface area contributed by atoms with Crippen LogP contribution in [0.25, 0.3) is 0 Å². The Morgan fingerprint density at radius 1 is 1.30 bits per heavy atom. The molecule has 0 spiro atoms. The highest BCUT2D eigenvalue weighted by Crippen LogP contribution is 2.29. The lowest BCUT2D eigenvalue weighted by atomic mass is 10.0. The van der Waals surface area contributed by atoms with Gasteiger partial charge in [-0.15, -0.1) is 0 Å². The molecule has 0 aliphatic rings. The zero-order valence-corrected chi connectivity index (χ0v) is 13.2. The second-order valence-corrected chi connectivity index (χ2v) is 5.78. The first-order valence-corrected chi connectivity index (χ1v) is 7.16. The molecule has 3 nitrogen and oxygen atoms in total. The van der Waals surface area contributed by atoms with E-state index in [9.17, 15) is 4.39 Å². The van der Waals surface area contributed by atoms with Gasteiger partial charge in [-0.3, -0.25) is 0 Å². The molecule has 4 heteroatoms. The van der Waals surface area contributed by atoms with Crippen LogP contribution in [0.3, 0.4) is 0 Å². The lowest BCUT2D eigenvalue weighted by Crippen LogP contribution is -2.32. The normalized spacial score (nSPS) is 12.8. The van der Waals surface area contributed by atoms with Crippen molar-refractivity contribution in [2.75, 3.05) is 31.7 Å². The average Bonchev–Trinajstić information content (AvgIpc) is 2.36. The van der Waals surface area contributed by atoms with Crippen LogP contribution in [0, 0.1) is 18.7 Å². The first-order chi connectivity index (χ1) is 9.36. The summed E-state index contributed by atoms with van der Waals surface area (Å²) in [7, 11) is 1.69. The molecule has 1 rings (SSSR count). The van der Waals surface area contributed by atoms with Gasteiger partial charge in [0, 0.05) is 31.9 Å². The first-order valence-electron chi connectivity index (χ1n) is 7.16. The highest BCUT2D eigenvalue weighted by molar-refractivity contribution is 5.57. The lowest BCUT2D eigenvalue weighted by molar-refractivity contribution is 0.204. The maximum Gasteiger partial charge on any atom is 0.126 e. The maximum absolute atomic E-state index is 13.8. The number of rotatable bonds is 7. The van der Waals surface area contributed by atoms with Gasteiger partial charge in [0.15, 0.2) is 0 Å². The molecule has 0 bridgehead atoms. The Morgan fingerprint density at radius 2 is 1.95 bits per heavy atom. The van der Waals surface area contributed by atoms with Crippen LogP contribution < -0.4 is 10.6 Å². The third-order valence-electron chi connectivity index (χ3n) is 3.29. The molecule has 0 heterocycles. The Labute approximate surface area is 121 Å². The van der Waals surface area contributed by atoms with E-state index in [2.05, 4.69) is 18.7 Å². The fourth-order valence-electron chi connectivity index (χ4n) is 2.27. The Morgan fingerprint density at radius 3 is 2.45 bits per heavy atom. The van der Waals surface area contributed by atoms with E-state index in [1.165, 1.54) is 0 Å². The Bertz CT molecular complexity index is 433. The maximum atomic E-state index is 13.8. The summed E-state index contributed by atoms with van der Waals surface area (Å²) in [5.74, 6) is 0.315. The molecule has 2 N–H and O–H groups in total. The molecule has 0 unspecified atom stereocenters. The van der Waals surface area contributed by atoms with E-state index in [4.69, 9.17) is 10.5 Å². The van der Waals surface area contributed by atoms with Crippen LogP contribution in [0.1, 0.15) is 37.9 Å². The van der Waals surface area contributed by atoms with Gasteiger partial charge in [-0.1, -0.05) is 13.8 Å². The van der Waals surface area contributed by atoms with Crippen LogP contribution in [-0.4, -0.2) is 26.8 Å². The van der Waals surface area contributed by atoms with Crippen molar-refractivity contribution in [1.82, 2.24) is 0 Å². The van der Waals surface area contributed by atoms with E-state index in [0.29, 0.717) is 18.1 Å². The number of hydrogen-bond donors (Lipinski definition) is 1. The average molecular weight is 282 g/mol. The van der Waals surface area contributed by atoms with E-state index in [1.54, 1.807) is 20.1 Å². The number of methoxy groups -OCH3 is 1. The molecule has 0 amide bonds. The van der Waals surface area contributed by atoms with Gasteiger partial charge in [0.05, 0.1) is 6.61 Å². The molecular formula is C16H27FN2O. The van der Waals surface area contributed by atoms with Gasteiger partial charge in [-0.05, 0) is 43.0 Å². The monoisotopic (exact) mass is 282 g/mol. The Balaban J connectivity index is 3.18. The van der Waals surface area contributed by atoms with Crippen LogP contribution in [0.15, 0.2) is 12.1 Å². The minimum atomic E-state index is -0.197. The quantitative estimate of drug-likeness (QED) is 0.834. The van der Waals surface area contributed by atoms with E-state index >= 15 is 0 Å². The topological polar surface area (TPSA) is 38.5 Å². The van der Waals surface area contributed by atoms with E-state index < -0.39 is 0 Å². The number of halogens is 1. The summed E-state index contributed by atoms with van der Waals surface area (Å²) in [4.78, 5) is 2.24. The summed E-state index contributed by atoms with van der Waals surface area (Å²) < 4.78 is 19.0. The van der Waals surface area contributed by atoms with Crippen molar-refractivity contribution in [3.05, 3.63) is 29.1 Å². The second kappa shape index (κ2) is 7.60. The van der Waals surface area contributed by atoms with Crippen LogP contribution in [0.4, 0.5) is 10.1 Å². The van der Waals surface area contributed by atoms with E-state index in [1.807, 2.05) is 13.0 Å². The number of nitrogens with zero attached hydrogens (tertiary/aromatic N) is 1. The number of anilines is 1. The Kier molecular flexibility index (Phi) is 6.43. The minimum Gasteiger partial charge on any atom is -0.383 e. The third kappa shape index (κ3) is 4.46. The van der Waals surface area contributed by atoms with Crippen molar-refractivity contribution in [3.63, 3.8) is 0 Å². The van der Waals surface area contributed by atoms with Crippen molar-refractivity contribution >= 4 is 5.69 Å². The molecule has 1 aromatic carbocycles. The van der Waals surface area contributed by atoms with Crippen LogP contribution in [0.2, 0.25) is 0 Å². The molecule has 20 heavy (non-hydrogen) atoms. The molecule has 0 aliphatic carbocycles. The summed E-state index contributed by atoms with van der Waals surface area (Å²) in [5.41, 5.74) is 8.52. The summed E-state index contributed by atoms with van der Waals surface area (Å²) >= 11 is 0. The fraction of sp³-hybridized carbons (Fsp3) is 0.625. The summed E-state index contributed by atoms with van der Waals surface area (Å²) in [6.45, 7) is 10.3. The zero-order chi connectivity index (χ0) is 15.3. The van der Waals surface area contributed by atoms with Gasteiger partial charge in [0.25, 0.3) is 0 Å². The lowest BCUT2D eigenvalue weighted by Gasteiger charge is -2.30. The summed E-state index contributed by atoms with van der Waals surface area (Å²) in [6, 6.07) is 3.26. The number of aryl methyl sites for hydroxylation is 1. The molecule has 0 aliphatic heterocycles. The molecule has 0 saturated carbocycles. The highest BCUT2D eigenvalue weighted by Gasteiger charge is 2.17. The zero-order valence-electron chi connectivity index (χ0n) is 13.2. The molecule has 114 valence electrons. The molecule has 0 fully saturated rings. The largest absolute Gasteiger partial charge is 0.383 e. The van der Waals surface area contributed by atoms with Crippen molar-refractivity contribution in [2.45, 2.75) is 33.7 Å². The minimum absolute atomic E-state index is 0.197. The third-order valence-corrected chi connectivity index (χ3v) is 3.29. The highest BCUT2D eigenvalue weighted by atomic mass is 19.1. The predicted octanol–water partition coefficient (Wildman–Crippen LogP) is 3.26. The standard InChI is InChI=1S/C16H27FN2O/c1-11(2)10-19(6-7-20-5)16-8-12(3)15(17)9-14(16)13(4)18/h8-9,11,13H,6-7,10,18H2,1-5H3/t13-/m0/s1. The number of hydrogen-bond acceptors (Lipinski definition) is 3. The number of nitrogens with two attached hydrogens (primary N) is 1. The van der Waals surface area contributed by atoms with Crippen molar-refractivity contribution in [2.24, 2.45) is 11.7 Å². The number of ether oxygens (including phenoxy) is 1. The van der Waals surface area contributed by atoms with Gasteiger partial charge in [-0.2, -0.15) is 0 Å². The molecule has 0 saturated heterocycles. The van der Waals surface area contributed by atoms with Crippen LogP contribution in [-0.2, 0) is 4.74 Å². The van der Waals surface area contributed by atoms with Crippen molar-refractivity contribution in [1.29, 1.82) is 0 Å². The smallest absolute Gasteiger partial charge is 0.126 e. The first kappa shape index (κ1) is 16.9. The Hall–Kier alpha value is -1.13. The van der Waals surface area contributed by atoms with Gasteiger partial charge in [0.1, 0.15) is 5.82 Å². The van der Waals surface area contributed by atoms with Gasteiger partial charge < -0.3 is 15.4 Å². The molecule has 0 aromatic heterocycles. The van der Waals surface area contributed by atoms with E-state index in [-0.39, 0.29) is 11.9 Å². The summed E-state index contributed by atoms with van der Waals surface area (Å²) in [6.07, 6.45) is 0. The fourth-order valence-corrected chi connectivity index (χ4v) is 2.27. The van der Waals surface area contributed by atoms with Gasteiger partial charge in [-0.25, -0.2) is 4.39 Å².